The van der Waals surface area contributed by atoms with Crippen LogP contribution in [0.5, 0.6) is 5.75 Å². The fourth-order valence-corrected chi connectivity index (χ4v) is 3.35. The molecule has 4 nitrogen and oxygen atoms in total. The number of ether oxygens (including phenoxy) is 1. The van der Waals surface area contributed by atoms with Crippen LogP contribution in [-0.4, -0.2) is 14.2 Å². The highest BCUT2D eigenvalue weighted by molar-refractivity contribution is 8.03. The van der Waals surface area contributed by atoms with E-state index in [0.717, 1.165) is 32.6 Å². The summed E-state index contributed by atoms with van der Waals surface area (Å²) in [6, 6.07) is 14.0. The number of thioether (sulfide) groups is 1. The zero-order valence-corrected chi connectivity index (χ0v) is 14.0. The van der Waals surface area contributed by atoms with Crippen molar-refractivity contribution < 1.29 is 4.74 Å². The number of methoxy groups -OCH3 is 1. The van der Waals surface area contributed by atoms with Gasteiger partial charge in [0.2, 0.25) is 0 Å². The average molecular weight is 325 g/mol. The van der Waals surface area contributed by atoms with E-state index in [1.54, 1.807) is 18.9 Å². The minimum atomic E-state index is 0.693. The van der Waals surface area contributed by atoms with Gasteiger partial charge in [-0.05, 0) is 35.9 Å². The molecule has 5 heteroatoms. The maximum atomic E-state index is 6.27. The molecule has 0 radical (unpaired) electrons. The molecule has 0 aliphatic carbocycles. The summed E-state index contributed by atoms with van der Waals surface area (Å²) in [5.41, 5.74) is 10.1. The lowest BCUT2D eigenvalue weighted by molar-refractivity contribution is 0.414. The van der Waals surface area contributed by atoms with E-state index in [0.29, 0.717) is 5.70 Å². The maximum absolute atomic E-state index is 6.27. The highest BCUT2D eigenvalue weighted by atomic mass is 32.2. The summed E-state index contributed by atoms with van der Waals surface area (Å²) in [6.45, 7) is 4.12. The molecular formula is C18H19N3OS. The monoisotopic (exact) mass is 325 g/mol. The first-order chi connectivity index (χ1) is 11.1. The first-order valence-electron chi connectivity index (χ1n) is 7.22. The van der Waals surface area contributed by atoms with Crippen LogP contribution in [0.1, 0.15) is 5.56 Å². The SMILES string of the molecule is C=C1Sc2cc(OC)ccc2N1/C=C(\N)c1ccc(NC)cc1. The van der Waals surface area contributed by atoms with Gasteiger partial charge in [0.25, 0.3) is 0 Å². The van der Waals surface area contributed by atoms with E-state index in [4.69, 9.17) is 10.5 Å². The molecule has 2 aromatic rings. The van der Waals surface area contributed by atoms with E-state index >= 15 is 0 Å². The Balaban J connectivity index is 1.91. The molecule has 0 unspecified atom stereocenters. The topological polar surface area (TPSA) is 50.5 Å². The number of benzene rings is 2. The van der Waals surface area contributed by atoms with E-state index in [-0.39, 0.29) is 0 Å². The van der Waals surface area contributed by atoms with E-state index in [9.17, 15) is 0 Å². The summed E-state index contributed by atoms with van der Waals surface area (Å²) in [7, 11) is 3.56. The average Bonchev–Trinajstić information content (AvgIpc) is 2.89. The third kappa shape index (κ3) is 3.00. The van der Waals surface area contributed by atoms with E-state index < -0.39 is 0 Å². The van der Waals surface area contributed by atoms with Gasteiger partial charge in [0.1, 0.15) is 5.75 Å². The number of rotatable bonds is 4. The van der Waals surface area contributed by atoms with Gasteiger partial charge in [0.05, 0.1) is 23.5 Å². The molecule has 0 spiro atoms. The Kier molecular flexibility index (Phi) is 4.21. The van der Waals surface area contributed by atoms with Crippen molar-refractivity contribution in [3.63, 3.8) is 0 Å². The highest BCUT2D eigenvalue weighted by Gasteiger charge is 2.23. The lowest BCUT2D eigenvalue weighted by Gasteiger charge is -2.16. The molecular weight excluding hydrogens is 306 g/mol. The van der Waals surface area contributed by atoms with Crippen molar-refractivity contribution in [2.75, 3.05) is 24.4 Å². The Bertz CT molecular complexity index is 768. The predicted molar refractivity (Wildman–Crippen MR) is 98.6 cm³/mol. The molecule has 0 aromatic heterocycles. The maximum Gasteiger partial charge on any atom is 0.120 e. The molecule has 0 amide bonds. The van der Waals surface area contributed by atoms with Crippen molar-refractivity contribution in [3.05, 3.63) is 65.8 Å². The molecule has 0 saturated carbocycles. The Hall–Kier alpha value is -2.53. The minimum Gasteiger partial charge on any atom is -0.497 e. The third-order valence-electron chi connectivity index (χ3n) is 3.70. The molecule has 118 valence electrons. The minimum absolute atomic E-state index is 0.693. The highest BCUT2D eigenvalue weighted by Crippen LogP contribution is 2.47. The standard InChI is InChI=1S/C18H19N3OS/c1-12-21(17-9-8-15(22-3)10-18(17)23-12)11-16(19)13-4-6-14(20-2)7-5-13/h4-11,20H,1,19H2,2-3H3/b16-11-. The summed E-state index contributed by atoms with van der Waals surface area (Å²) < 4.78 is 5.27. The van der Waals surface area contributed by atoms with Crippen LogP contribution in [0.15, 0.2) is 65.2 Å². The van der Waals surface area contributed by atoms with Gasteiger partial charge in [-0.2, -0.15) is 0 Å². The van der Waals surface area contributed by atoms with Gasteiger partial charge in [-0.3, -0.25) is 0 Å². The second-order valence-electron chi connectivity index (χ2n) is 5.11. The Morgan fingerprint density at radius 2 is 2.00 bits per heavy atom. The van der Waals surface area contributed by atoms with Crippen LogP contribution in [0, 0.1) is 0 Å². The van der Waals surface area contributed by atoms with Crippen LogP contribution in [0.25, 0.3) is 5.70 Å². The number of nitrogens with two attached hydrogens (primary N) is 1. The fourth-order valence-electron chi connectivity index (χ4n) is 2.40. The molecule has 23 heavy (non-hydrogen) atoms. The van der Waals surface area contributed by atoms with Gasteiger partial charge >= 0.3 is 0 Å². The molecule has 1 aliphatic rings. The fraction of sp³-hybridized carbons (Fsp3) is 0.111. The van der Waals surface area contributed by atoms with Gasteiger partial charge in [-0.25, -0.2) is 0 Å². The number of hydrogen-bond acceptors (Lipinski definition) is 5. The number of anilines is 2. The van der Waals surface area contributed by atoms with E-state index in [2.05, 4.69) is 11.9 Å². The molecule has 1 heterocycles. The predicted octanol–water partition coefficient (Wildman–Crippen LogP) is 4.08. The second kappa shape index (κ2) is 6.30. The Morgan fingerprint density at radius 3 is 2.65 bits per heavy atom. The Morgan fingerprint density at radius 1 is 1.26 bits per heavy atom. The van der Waals surface area contributed by atoms with Crippen LogP contribution >= 0.6 is 11.8 Å². The molecule has 0 saturated heterocycles. The zero-order valence-electron chi connectivity index (χ0n) is 13.2. The van der Waals surface area contributed by atoms with Crippen molar-refractivity contribution in [2.24, 2.45) is 5.73 Å². The normalized spacial score (nSPS) is 13.9. The van der Waals surface area contributed by atoms with Gasteiger partial charge in [-0.15, -0.1) is 0 Å². The quantitative estimate of drug-likeness (QED) is 0.887. The zero-order chi connectivity index (χ0) is 16.4. The molecule has 1 aliphatic heterocycles. The van der Waals surface area contributed by atoms with Gasteiger partial charge in [0, 0.05) is 23.8 Å². The third-order valence-corrected chi connectivity index (χ3v) is 4.68. The summed E-state index contributed by atoms with van der Waals surface area (Å²) in [6.07, 6.45) is 1.92. The molecule has 0 fully saturated rings. The number of fused-ring (bicyclic) bond motifs is 1. The smallest absolute Gasteiger partial charge is 0.120 e. The summed E-state index contributed by atoms with van der Waals surface area (Å²) >= 11 is 1.61. The summed E-state index contributed by atoms with van der Waals surface area (Å²) in [5, 5.41) is 4.02. The van der Waals surface area contributed by atoms with Gasteiger partial charge in [0.15, 0.2) is 0 Å². The molecule has 3 N–H and O–H groups in total. The van der Waals surface area contributed by atoms with Crippen molar-refractivity contribution in [3.8, 4) is 5.75 Å². The van der Waals surface area contributed by atoms with E-state index in [1.165, 1.54) is 0 Å². The molecule has 2 aromatic carbocycles. The molecule has 0 atom stereocenters. The van der Waals surface area contributed by atoms with E-state index in [1.807, 2.05) is 60.6 Å². The van der Waals surface area contributed by atoms with Crippen molar-refractivity contribution >= 4 is 28.8 Å². The van der Waals surface area contributed by atoms with Gasteiger partial charge < -0.3 is 20.7 Å². The summed E-state index contributed by atoms with van der Waals surface area (Å²) in [5.74, 6) is 0.838. The molecule has 3 rings (SSSR count). The van der Waals surface area contributed by atoms with Crippen molar-refractivity contribution in [1.82, 2.24) is 0 Å². The number of hydrogen-bond donors (Lipinski definition) is 2. The van der Waals surface area contributed by atoms with Gasteiger partial charge in [-0.1, -0.05) is 30.5 Å². The lowest BCUT2D eigenvalue weighted by Crippen LogP contribution is -2.11. The number of nitrogens with zero attached hydrogens (tertiary/aromatic N) is 1. The second-order valence-corrected chi connectivity index (χ2v) is 6.23. The first-order valence-corrected chi connectivity index (χ1v) is 8.03. The van der Waals surface area contributed by atoms with Crippen LogP contribution < -0.4 is 20.7 Å². The van der Waals surface area contributed by atoms with Crippen LogP contribution in [0.3, 0.4) is 0 Å². The van der Waals surface area contributed by atoms with Crippen molar-refractivity contribution in [1.29, 1.82) is 0 Å². The van der Waals surface area contributed by atoms with Crippen LogP contribution in [0.4, 0.5) is 11.4 Å². The lowest BCUT2D eigenvalue weighted by atomic mass is 10.1. The van der Waals surface area contributed by atoms with Crippen LogP contribution in [-0.2, 0) is 0 Å². The summed E-state index contributed by atoms with van der Waals surface area (Å²) in [4.78, 5) is 3.13. The number of nitrogens with one attached hydrogen (secondary N) is 1. The molecule has 0 bridgehead atoms. The first kappa shape index (κ1) is 15.4. The van der Waals surface area contributed by atoms with Crippen LogP contribution in [0.2, 0.25) is 0 Å². The Labute approximate surface area is 140 Å². The van der Waals surface area contributed by atoms with Crippen molar-refractivity contribution in [2.45, 2.75) is 4.90 Å². The largest absolute Gasteiger partial charge is 0.497 e.